The van der Waals surface area contributed by atoms with Gasteiger partial charge < -0.3 is 5.11 Å². The summed E-state index contributed by atoms with van der Waals surface area (Å²) in [6.07, 6.45) is 0.986. The number of aryl methyl sites for hydroxylation is 2. The van der Waals surface area contributed by atoms with Crippen LogP contribution < -0.4 is 4.72 Å². The van der Waals surface area contributed by atoms with Gasteiger partial charge in [-0.25, -0.2) is 17.9 Å². The summed E-state index contributed by atoms with van der Waals surface area (Å²) < 4.78 is 27.1. The van der Waals surface area contributed by atoms with Crippen molar-refractivity contribution < 1.29 is 18.3 Å². The number of hydrogen-bond donors (Lipinski definition) is 2. The molecule has 0 aromatic heterocycles. The molecule has 0 heterocycles. The molecule has 2 aromatic rings. The second kappa shape index (κ2) is 8.51. The van der Waals surface area contributed by atoms with Crippen LogP contribution in [-0.4, -0.2) is 31.8 Å². The Balaban J connectivity index is 1.95. The molecule has 0 atom stereocenters. The Morgan fingerprint density at radius 2 is 1.84 bits per heavy atom. The summed E-state index contributed by atoms with van der Waals surface area (Å²) in [6, 6.07) is 12.3. The monoisotopic (exact) mass is 379 g/mol. The van der Waals surface area contributed by atoms with Crippen LogP contribution in [-0.2, 0) is 16.4 Å². The van der Waals surface area contributed by atoms with E-state index in [4.69, 9.17) is 5.11 Å². The van der Waals surface area contributed by atoms with Crippen LogP contribution in [0.25, 0.3) is 0 Å². The first-order valence-electron chi connectivity index (χ1n) is 7.89. The predicted molar refractivity (Wildman–Crippen MR) is 99.9 cm³/mol. The fourth-order valence-electron chi connectivity index (χ4n) is 2.25. The standard InChI is InChI=1S/C18H21NO4S2/c1-3-14-5-7-15(8-6-14)24-11-10-19-25(22,23)16-9-4-13(2)17(12-16)18(20)21/h4-9,12,19H,3,10-11H2,1-2H3,(H,20,21). The van der Waals surface area contributed by atoms with Crippen LogP contribution in [0.15, 0.2) is 52.3 Å². The van der Waals surface area contributed by atoms with Crippen LogP contribution in [0, 0.1) is 6.92 Å². The van der Waals surface area contributed by atoms with E-state index in [0.29, 0.717) is 11.3 Å². The minimum Gasteiger partial charge on any atom is -0.478 e. The van der Waals surface area contributed by atoms with Crippen molar-refractivity contribution in [2.75, 3.05) is 12.3 Å². The molecule has 25 heavy (non-hydrogen) atoms. The van der Waals surface area contributed by atoms with Gasteiger partial charge in [-0.3, -0.25) is 0 Å². The molecule has 0 fully saturated rings. The molecule has 0 aliphatic heterocycles. The molecule has 2 rings (SSSR count). The maximum absolute atomic E-state index is 12.3. The SMILES string of the molecule is CCc1ccc(SCCNS(=O)(=O)c2ccc(C)c(C(=O)O)c2)cc1. The minimum atomic E-state index is -3.72. The summed E-state index contributed by atoms with van der Waals surface area (Å²) in [6.45, 7) is 3.99. The molecule has 2 N–H and O–H groups in total. The van der Waals surface area contributed by atoms with Gasteiger partial charge in [-0.2, -0.15) is 0 Å². The van der Waals surface area contributed by atoms with Crippen LogP contribution in [0.3, 0.4) is 0 Å². The highest BCUT2D eigenvalue weighted by Gasteiger charge is 2.17. The third-order valence-corrected chi connectivity index (χ3v) is 6.22. The molecule has 0 unspecified atom stereocenters. The second-order valence-electron chi connectivity index (χ2n) is 5.53. The quantitative estimate of drug-likeness (QED) is 0.543. The lowest BCUT2D eigenvalue weighted by Gasteiger charge is -2.09. The first-order chi connectivity index (χ1) is 11.8. The van der Waals surface area contributed by atoms with Crippen molar-refractivity contribution in [3.63, 3.8) is 0 Å². The van der Waals surface area contributed by atoms with E-state index >= 15 is 0 Å². The Labute approximate surface area is 152 Å². The molecule has 0 aliphatic rings. The van der Waals surface area contributed by atoms with E-state index < -0.39 is 16.0 Å². The highest BCUT2D eigenvalue weighted by molar-refractivity contribution is 7.99. The molecule has 134 valence electrons. The zero-order valence-corrected chi connectivity index (χ0v) is 15.8. The molecule has 0 bridgehead atoms. The summed E-state index contributed by atoms with van der Waals surface area (Å²) in [5.41, 5.74) is 1.78. The normalized spacial score (nSPS) is 11.4. The minimum absolute atomic E-state index is 0.00624. The van der Waals surface area contributed by atoms with E-state index in [1.54, 1.807) is 18.7 Å². The maximum Gasteiger partial charge on any atom is 0.335 e. The number of benzene rings is 2. The Bertz CT molecular complexity index is 846. The van der Waals surface area contributed by atoms with Gasteiger partial charge in [0.2, 0.25) is 10.0 Å². The van der Waals surface area contributed by atoms with E-state index in [1.165, 1.54) is 23.8 Å². The number of nitrogens with one attached hydrogen (secondary N) is 1. The van der Waals surface area contributed by atoms with E-state index in [2.05, 4.69) is 23.8 Å². The van der Waals surface area contributed by atoms with Crippen LogP contribution in [0.4, 0.5) is 0 Å². The van der Waals surface area contributed by atoms with Crippen molar-refractivity contribution in [2.24, 2.45) is 0 Å². The van der Waals surface area contributed by atoms with Gasteiger partial charge >= 0.3 is 5.97 Å². The summed E-state index contributed by atoms with van der Waals surface area (Å²) in [7, 11) is -3.72. The lowest BCUT2D eigenvalue weighted by molar-refractivity contribution is 0.0696. The number of carboxylic acids is 1. The van der Waals surface area contributed by atoms with Gasteiger partial charge in [0.15, 0.2) is 0 Å². The highest BCUT2D eigenvalue weighted by atomic mass is 32.2. The van der Waals surface area contributed by atoms with Gasteiger partial charge in [0.1, 0.15) is 0 Å². The van der Waals surface area contributed by atoms with Crippen molar-refractivity contribution in [1.82, 2.24) is 4.72 Å². The Hall–Kier alpha value is -1.83. The smallest absolute Gasteiger partial charge is 0.335 e. The predicted octanol–water partition coefficient (Wildman–Crippen LogP) is 3.33. The Kier molecular flexibility index (Phi) is 6.64. The molecule has 2 aromatic carbocycles. The second-order valence-corrected chi connectivity index (χ2v) is 8.46. The van der Waals surface area contributed by atoms with E-state index in [1.807, 2.05) is 12.1 Å². The number of carbonyl (C=O) groups is 1. The van der Waals surface area contributed by atoms with Gasteiger partial charge in [0, 0.05) is 17.2 Å². The largest absolute Gasteiger partial charge is 0.478 e. The maximum atomic E-state index is 12.3. The van der Waals surface area contributed by atoms with Crippen LogP contribution >= 0.6 is 11.8 Å². The van der Waals surface area contributed by atoms with Gasteiger partial charge in [0.25, 0.3) is 0 Å². The average Bonchev–Trinajstić information content (AvgIpc) is 2.59. The summed E-state index contributed by atoms with van der Waals surface area (Å²) in [5, 5.41) is 9.11. The van der Waals surface area contributed by atoms with Crippen molar-refractivity contribution in [2.45, 2.75) is 30.1 Å². The molecule has 0 saturated heterocycles. The molecule has 7 heteroatoms. The van der Waals surface area contributed by atoms with Crippen LogP contribution in [0.5, 0.6) is 0 Å². The van der Waals surface area contributed by atoms with Crippen LogP contribution in [0.1, 0.15) is 28.4 Å². The topological polar surface area (TPSA) is 83.5 Å². The van der Waals surface area contributed by atoms with Crippen molar-refractivity contribution in [3.8, 4) is 0 Å². The molecule has 0 radical (unpaired) electrons. The first kappa shape index (κ1) is 19.5. The van der Waals surface area contributed by atoms with Crippen molar-refractivity contribution >= 4 is 27.8 Å². The van der Waals surface area contributed by atoms with Crippen molar-refractivity contribution in [1.29, 1.82) is 0 Å². The molecule has 0 spiro atoms. The first-order valence-corrected chi connectivity index (χ1v) is 10.4. The highest BCUT2D eigenvalue weighted by Crippen LogP contribution is 2.19. The number of rotatable bonds is 8. The van der Waals surface area contributed by atoms with E-state index in [-0.39, 0.29) is 17.0 Å². The number of aromatic carboxylic acids is 1. The van der Waals surface area contributed by atoms with Gasteiger partial charge in [-0.1, -0.05) is 25.1 Å². The molecular formula is C18H21NO4S2. The lowest BCUT2D eigenvalue weighted by Crippen LogP contribution is -2.26. The molecule has 0 saturated carbocycles. The molecular weight excluding hydrogens is 358 g/mol. The molecule has 0 amide bonds. The van der Waals surface area contributed by atoms with Gasteiger partial charge in [0.05, 0.1) is 10.5 Å². The number of hydrogen-bond acceptors (Lipinski definition) is 4. The number of carboxylic acid groups (broad SMARTS) is 1. The lowest BCUT2D eigenvalue weighted by atomic mass is 10.1. The average molecular weight is 380 g/mol. The van der Waals surface area contributed by atoms with Crippen molar-refractivity contribution in [3.05, 3.63) is 59.2 Å². The Morgan fingerprint density at radius 1 is 1.16 bits per heavy atom. The molecule has 5 nitrogen and oxygen atoms in total. The van der Waals surface area contributed by atoms with Crippen LogP contribution in [0.2, 0.25) is 0 Å². The van der Waals surface area contributed by atoms with Gasteiger partial charge in [-0.05, 0) is 48.7 Å². The zero-order valence-electron chi connectivity index (χ0n) is 14.2. The summed E-state index contributed by atoms with van der Waals surface area (Å²) in [4.78, 5) is 12.2. The van der Waals surface area contributed by atoms with Gasteiger partial charge in [-0.15, -0.1) is 11.8 Å². The van der Waals surface area contributed by atoms with E-state index in [9.17, 15) is 13.2 Å². The van der Waals surface area contributed by atoms with E-state index in [0.717, 1.165) is 11.3 Å². The summed E-state index contributed by atoms with van der Waals surface area (Å²) in [5.74, 6) is -0.553. The fourth-order valence-corrected chi connectivity index (χ4v) is 4.20. The third kappa shape index (κ3) is 5.32. The molecule has 0 aliphatic carbocycles. The number of thioether (sulfide) groups is 1. The summed E-state index contributed by atoms with van der Waals surface area (Å²) >= 11 is 1.56. The fraction of sp³-hybridized carbons (Fsp3) is 0.278. The number of sulfonamides is 1. The Morgan fingerprint density at radius 3 is 2.44 bits per heavy atom. The zero-order chi connectivity index (χ0) is 18.4. The third-order valence-electron chi connectivity index (χ3n) is 3.74.